The van der Waals surface area contributed by atoms with Crippen LogP contribution < -0.4 is 0 Å². The van der Waals surface area contributed by atoms with E-state index in [9.17, 15) is 13.6 Å². The summed E-state index contributed by atoms with van der Waals surface area (Å²) < 4.78 is 28.5. The van der Waals surface area contributed by atoms with Crippen LogP contribution in [0.2, 0.25) is 5.02 Å². The SMILES string of the molecule is CCc1nn(C)c(CC(=O)c2cc(C)c(F)cc2F)c1Cl. The minimum absolute atomic E-state index is 0.0790. The van der Waals surface area contributed by atoms with Gasteiger partial charge in [-0.2, -0.15) is 5.10 Å². The highest BCUT2D eigenvalue weighted by molar-refractivity contribution is 6.32. The number of rotatable bonds is 4. The standard InChI is InChI=1S/C15H15ClF2N2O/c1-4-12-15(16)13(20(3)19-12)7-14(21)9-5-8(2)10(17)6-11(9)18/h5-6H,4,7H2,1-3H3. The Morgan fingerprint density at radius 2 is 2.00 bits per heavy atom. The number of carbonyl (C=O) groups excluding carboxylic acids is 1. The molecule has 112 valence electrons. The third-order valence-electron chi connectivity index (χ3n) is 3.38. The second kappa shape index (κ2) is 5.93. The Hall–Kier alpha value is -1.75. The fourth-order valence-corrected chi connectivity index (χ4v) is 2.49. The Bertz CT molecular complexity index is 710. The van der Waals surface area contributed by atoms with E-state index < -0.39 is 17.4 Å². The molecule has 0 aliphatic carbocycles. The zero-order valence-electron chi connectivity index (χ0n) is 12.0. The summed E-state index contributed by atoms with van der Waals surface area (Å²) in [6.45, 7) is 3.39. The molecule has 0 unspecified atom stereocenters. The molecule has 0 radical (unpaired) electrons. The van der Waals surface area contributed by atoms with Gasteiger partial charge in [-0.3, -0.25) is 9.48 Å². The molecule has 0 amide bonds. The van der Waals surface area contributed by atoms with Crippen molar-refractivity contribution in [3.05, 3.63) is 51.3 Å². The van der Waals surface area contributed by atoms with Crippen molar-refractivity contribution in [2.45, 2.75) is 26.7 Å². The molecule has 0 saturated carbocycles. The molecule has 1 aromatic heterocycles. The molecule has 0 aliphatic rings. The van der Waals surface area contributed by atoms with Gasteiger partial charge in [-0.25, -0.2) is 8.78 Å². The van der Waals surface area contributed by atoms with Gasteiger partial charge in [0, 0.05) is 13.1 Å². The Labute approximate surface area is 126 Å². The summed E-state index contributed by atoms with van der Waals surface area (Å²) in [5, 5.41) is 4.63. The van der Waals surface area contributed by atoms with Crippen LogP contribution in [0.1, 0.15) is 34.2 Å². The summed E-state index contributed by atoms with van der Waals surface area (Å²) in [5.41, 5.74) is 1.31. The summed E-state index contributed by atoms with van der Waals surface area (Å²) in [6, 6.07) is 1.95. The highest BCUT2D eigenvalue weighted by atomic mass is 35.5. The van der Waals surface area contributed by atoms with Crippen molar-refractivity contribution < 1.29 is 13.6 Å². The number of ketones is 1. The van der Waals surface area contributed by atoms with Crippen LogP contribution >= 0.6 is 11.6 Å². The topological polar surface area (TPSA) is 34.9 Å². The number of nitrogens with zero attached hydrogens (tertiary/aromatic N) is 2. The number of carbonyl (C=O) groups is 1. The van der Waals surface area contributed by atoms with Gasteiger partial charge in [0.25, 0.3) is 0 Å². The van der Waals surface area contributed by atoms with Crippen LogP contribution in [-0.4, -0.2) is 15.6 Å². The van der Waals surface area contributed by atoms with Gasteiger partial charge in [0.15, 0.2) is 5.78 Å². The van der Waals surface area contributed by atoms with Crippen molar-refractivity contribution in [2.24, 2.45) is 7.05 Å². The molecule has 3 nitrogen and oxygen atoms in total. The first kappa shape index (κ1) is 15.6. The lowest BCUT2D eigenvalue weighted by Gasteiger charge is -2.06. The zero-order chi connectivity index (χ0) is 15.7. The molecule has 0 N–H and O–H groups in total. The van der Waals surface area contributed by atoms with Crippen LogP contribution in [0.3, 0.4) is 0 Å². The van der Waals surface area contributed by atoms with Gasteiger partial charge in [0.1, 0.15) is 11.6 Å². The Kier molecular flexibility index (Phi) is 4.42. The van der Waals surface area contributed by atoms with Gasteiger partial charge in [-0.05, 0) is 25.0 Å². The van der Waals surface area contributed by atoms with Gasteiger partial charge in [0.2, 0.25) is 0 Å². The van der Waals surface area contributed by atoms with Crippen molar-refractivity contribution in [3.8, 4) is 0 Å². The molecule has 0 bridgehead atoms. The van der Waals surface area contributed by atoms with Crippen LogP contribution in [0, 0.1) is 18.6 Å². The third-order valence-corrected chi connectivity index (χ3v) is 3.82. The second-order valence-electron chi connectivity index (χ2n) is 4.87. The number of hydrogen-bond donors (Lipinski definition) is 0. The number of aromatic nitrogens is 2. The lowest BCUT2D eigenvalue weighted by atomic mass is 10.0. The lowest BCUT2D eigenvalue weighted by molar-refractivity contribution is 0.0986. The van der Waals surface area contributed by atoms with E-state index in [1.54, 1.807) is 7.05 Å². The van der Waals surface area contributed by atoms with Crippen molar-refractivity contribution in [2.75, 3.05) is 0 Å². The predicted molar refractivity (Wildman–Crippen MR) is 76.7 cm³/mol. The molecule has 0 saturated heterocycles. The molecule has 6 heteroatoms. The van der Waals surface area contributed by atoms with E-state index in [2.05, 4.69) is 5.10 Å². The Morgan fingerprint density at radius 1 is 1.33 bits per heavy atom. The molecular formula is C15H15ClF2N2O. The second-order valence-corrected chi connectivity index (χ2v) is 5.24. The van der Waals surface area contributed by atoms with Gasteiger partial charge in [-0.1, -0.05) is 18.5 Å². The zero-order valence-corrected chi connectivity index (χ0v) is 12.8. The quantitative estimate of drug-likeness (QED) is 0.808. The number of hydrogen-bond acceptors (Lipinski definition) is 2. The summed E-state index contributed by atoms with van der Waals surface area (Å²) in [7, 11) is 1.68. The van der Waals surface area contributed by atoms with E-state index in [4.69, 9.17) is 11.6 Å². The maximum absolute atomic E-state index is 13.7. The summed E-state index contributed by atoms with van der Waals surface area (Å²) in [4.78, 5) is 12.2. The number of Topliss-reactive ketones (excluding diaryl/α,β-unsaturated/α-hetero) is 1. The smallest absolute Gasteiger partial charge is 0.171 e. The average Bonchev–Trinajstić information content (AvgIpc) is 2.70. The molecule has 1 aromatic carbocycles. The normalized spacial score (nSPS) is 11.0. The van der Waals surface area contributed by atoms with E-state index in [0.29, 0.717) is 22.8 Å². The van der Waals surface area contributed by atoms with Crippen LogP contribution in [0.4, 0.5) is 8.78 Å². The molecular weight excluding hydrogens is 298 g/mol. The van der Waals surface area contributed by atoms with Crippen LogP contribution in [0.5, 0.6) is 0 Å². The highest BCUT2D eigenvalue weighted by Crippen LogP contribution is 2.23. The molecule has 21 heavy (non-hydrogen) atoms. The molecule has 0 fully saturated rings. The van der Waals surface area contributed by atoms with E-state index in [0.717, 1.165) is 6.07 Å². The van der Waals surface area contributed by atoms with Gasteiger partial charge in [-0.15, -0.1) is 0 Å². The van der Waals surface area contributed by atoms with Crippen LogP contribution in [0.15, 0.2) is 12.1 Å². The van der Waals surface area contributed by atoms with Crippen LogP contribution in [0.25, 0.3) is 0 Å². The summed E-state index contributed by atoms with van der Waals surface area (Å²) in [6.07, 6.45) is 0.565. The summed E-state index contributed by atoms with van der Waals surface area (Å²) >= 11 is 6.17. The number of halogens is 3. The highest BCUT2D eigenvalue weighted by Gasteiger charge is 2.20. The van der Waals surface area contributed by atoms with Gasteiger partial charge >= 0.3 is 0 Å². The fourth-order valence-electron chi connectivity index (χ4n) is 2.13. The van der Waals surface area contributed by atoms with Crippen molar-refractivity contribution in [1.82, 2.24) is 9.78 Å². The van der Waals surface area contributed by atoms with E-state index in [-0.39, 0.29) is 17.5 Å². The van der Waals surface area contributed by atoms with E-state index in [1.165, 1.54) is 17.7 Å². The van der Waals surface area contributed by atoms with Crippen LogP contribution in [-0.2, 0) is 19.9 Å². The molecule has 2 aromatic rings. The Morgan fingerprint density at radius 3 is 2.57 bits per heavy atom. The van der Waals surface area contributed by atoms with Gasteiger partial charge < -0.3 is 0 Å². The predicted octanol–water partition coefficient (Wildman–Crippen LogP) is 3.65. The molecule has 0 spiro atoms. The maximum atomic E-state index is 13.7. The molecule has 1 heterocycles. The lowest BCUT2D eigenvalue weighted by Crippen LogP contribution is -2.11. The van der Waals surface area contributed by atoms with E-state index in [1.807, 2.05) is 6.92 Å². The molecule has 0 atom stereocenters. The first-order valence-electron chi connectivity index (χ1n) is 6.54. The molecule has 2 rings (SSSR count). The van der Waals surface area contributed by atoms with E-state index >= 15 is 0 Å². The molecule has 0 aliphatic heterocycles. The minimum atomic E-state index is -0.864. The first-order chi connectivity index (χ1) is 9.85. The van der Waals surface area contributed by atoms with Crippen molar-refractivity contribution in [1.29, 1.82) is 0 Å². The summed E-state index contributed by atoms with van der Waals surface area (Å²) in [5.74, 6) is -1.99. The number of aryl methyl sites for hydroxylation is 3. The Balaban J connectivity index is 2.35. The maximum Gasteiger partial charge on any atom is 0.171 e. The monoisotopic (exact) mass is 312 g/mol. The van der Waals surface area contributed by atoms with Crippen molar-refractivity contribution in [3.63, 3.8) is 0 Å². The first-order valence-corrected chi connectivity index (χ1v) is 6.92. The fraction of sp³-hybridized carbons (Fsp3) is 0.333. The van der Waals surface area contributed by atoms with Crippen molar-refractivity contribution >= 4 is 17.4 Å². The third kappa shape index (κ3) is 2.97. The average molecular weight is 313 g/mol. The largest absolute Gasteiger partial charge is 0.294 e. The van der Waals surface area contributed by atoms with Gasteiger partial charge in [0.05, 0.1) is 28.4 Å². The number of benzene rings is 1. The minimum Gasteiger partial charge on any atom is -0.294 e.